The number of fused-ring (bicyclic) bond motifs is 4. The van der Waals surface area contributed by atoms with Crippen molar-refractivity contribution in [2.45, 2.75) is 19.9 Å². The van der Waals surface area contributed by atoms with Crippen LogP contribution in [0.3, 0.4) is 0 Å². The van der Waals surface area contributed by atoms with E-state index in [9.17, 15) is 9.59 Å². The first-order valence-electron chi connectivity index (χ1n) is 10.7. The minimum absolute atomic E-state index is 0.00641. The van der Waals surface area contributed by atoms with Crippen molar-refractivity contribution >= 4 is 55.7 Å². The molecule has 1 heterocycles. The smallest absolute Gasteiger partial charge is 0.193 e. The van der Waals surface area contributed by atoms with E-state index in [2.05, 4.69) is 4.57 Å². The monoisotopic (exact) mass is 439 g/mol. The third-order valence-electron chi connectivity index (χ3n) is 6.08. The highest BCUT2D eigenvalue weighted by atomic mass is 35.5. The second kappa shape index (κ2) is 8.25. The summed E-state index contributed by atoms with van der Waals surface area (Å²) in [5, 5.41) is 3.95. The SMILES string of the molecule is CC(=O)c1ccc2c(c1)c1cc(C(=O)c3cccc4ccccc34)ccc1n2CCCCl. The second-order valence-electron chi connectivity index (χ2n) is 8.07. The average Bonchev–Trinajstić information content (AvgIpc) is 3.14. The van der Waals surface area contributed by atoms with Crippen LogP contribution in [-0.4, -0.2) is 22.0 Å². The van der Waals surface area contributed by atoms with Gasteiger partial charge < -0.3 is 4.57 Å². The fraction of sp³-hybridized carbons (Fsp3) is 0.143. The first-order chi connectivity index (χ1) is 15.6. The predicted octanol–water partition coefficient (Wildman–Crippen LogP) is 7.01. The van der Waals surface area contributed by atoms with Crippen molar-refractivity contribution in [3.63, 3.8) is 0 Å². The summed E-state index contributed by atoms with van der Waals surface area (Å²) in [6, 6.07) is 25.4. The van der Waals surface area contributed by atoms with Crippen molar-refractivity contribution in [2.75, 3.05) is 5.88 Å². The predicted molar refractivity (Wildman–Crippen MR) is 132 cm³/mol. The molecule has 0 bridgehead atoms. The van der Waals surface area contributed by atoms with Gasteiger partial charge in [-0.15, -0.1) is 11.6 Å². The molecule has 0 fully saturated rings. The third kappa shape index (κ3) is 3.39. The number of aromatic nitrogens is 1. The molecule has 5 rings (SSSR count). The van der Waals surface area contributed by atoms with Gasteiger partial charge in [-0.25, -0.2) is 0 Å². The number of Topliss-reactive ketones (excluding diaryl/α,β-unsaturated/α-hetero) is 1. The van der Waals surface area contributed by atoms with Crippen molar-refractivity contribution in [3.8, 4) is 0 Å². The van der Waals surface area contributed by atoms with E-state index in [-0.39, 0.29) is 11.6 Å². The Bertz CT molecular complexity index is 1510. The van der Waals surface area contributed by atoms with E-state index in [1.807, 2.05) is 78.9 Å². The maximum atomic E-state index is 13.5. The van der Waals surface area contributed by atoms with E-state index in [0.29, 0.717) is 22.6 Å². The number of rotatable bonds is 6. The van der Waals surface area contributed by atoms with Crippen LogP contribution in [0, 0.1) is 0 Å². The quantitative estimate of drug-likeness (QED) is 0.211. The first kappa shape index (κ1) is 20.5. The van der Waals surface area contributed by atoms with Crippen molar-refractivity contribution in [1.29, 1.82) is 0 Å². The molecule has 0 saturated heterocycles. The molecule has 0 aliphatic carbocycles. The highest BCUT2D eigenvalue weighted by Crippen LogP contribution is 2.32. The maximum Gasteiger partial charge on any atom is 0.193 e. The average molecular weight is 440 g/mol. The minimum Gasteiger partial charge on any atom is -0.340 e. The Kier molecular flexibility index (Phi) is 5.28. The summed E-state index contributed by atoms with van der Waals surface area (Å²) >= 11 is 5.97. The van der Waals surface area contributed by atoms with Crippen molar-refractivity contribution in [1.82, 2.24) is 4.57 Å². The molecular weight excluding hydrogens is 418 g/mol. The topological polar surface area (TPSA) is 39.1 Å². The van der Waals surface area contributed by atoms with Crippen LogP contribution in [0.2, 0.25) is 0 Å². The summed E-state index contributed by atoms with van der Waals surface area (Å²) < 4.78 is 2.23. The highest BCUT2D eigenvalue weighted by Gasteiger charge is 2.17. The second-order valence-corrected chi connectivity index (χ2v) is 8.45. The number of benzene rings is 4. The summed E-state index contributed by atoms with van der Waals surface area (Å²) in [5.41, 5.74) is 4.08. The van der Waals surface area contributed by atoms with Gasteiger partial charge in [-0.05, 0) is 60.5 Å². The lowest BCUT2D eigenvalue weighted by Gasteiger charge is -2.08. The van der Waals surface area contributed by atoms with Gasteiger partial charge in [0.1, 0.15) is 0 Å². The van der Waals surface area contributed by atoms with E-state index >= 15 is 0 Å². The number of ketones is 2. The van der Waals surface area contributed by atoms with Gasteiger partial charge in [0, 0.05) is 50.9 Å². The van der Waals surface area contributed by atoms with Crippen LogP contribution < -0.4 is 0 Å². The van der Waals surface area contributed by atoms with Gasteiger partial charge >= 0.3 is 0 Å². The molecule has 3 nitrogen and oxygen atoms in total. The number of alkyl halides is 1. The number of hydrogen-bond acceptors (Lipinski definition) is 2. The van der Waals surface area contributed by atoms with Crippen molar-refractivity contribution in [2.24, 2.45) is 0 Å². The molecule has 0 aliphatic heterocycles. The molecule has 0 N–H and O–H groups in total. The van der Waals surface area contributed by atoms with Crippen LogP contribution in [0.15, 0.2) is 78.9 Å². The molecule has 158 valence electrons. The van der Waals surface area contributed by atoms with E-state index in [0.717, 1.165) is 45.5 Å². The van der Waals surface area contributed by atoms with E-state index in [1.165, 1.54) is 0 Å². The van der Waals surface area contributed by atoms with Gasteiger partial charge in [-0.2, -0.15) is 0 Å². The van der Waals surface area contributed by atoms with Crippen LogP contribution in [0.5, 0.6) is 0 Å². The zero-order valence-corrected chi connectivity index (χ0v) is 18.5. The number of carbonyl (C=O) groups excluding carboxylic acids is 2. The molecule has 0 spiro atoms. The van der Waals surface area contributed by atoms with Crippen molar-refractivity contribution < 1.29 is 9.59 Å². The number of carbonyl (C=O) groups is 2. The molecule has 1 aromatic heterocycles. The molecule has 0 unspecified atom stereocenters. The van der Waals surface area contributed by atoms with Crippen LogP contribution in [0.25, 0.3) is 32.6 Å². The standard InChI is InChI=1S/C28H22ClNO2/c1-18(31)20-10-12-26-24(16-20)25-17-21(11-13-27(25)30(26)15-5-14-29)28(32)23-9-4-7-19-6-2-3-8-22(19)23/h2-4,6-13,16-17H,5,14-15H2,1H3. The van der Waals surface area contributed by atoms with Crippen LogP contribution in [-0.2, 0) is 6.54 Å². The number of nitrogens with zero attached hydrogens (tertiary/aromatic N) is 1. The summed E-state index contributed by atoms with van der Waals surface area (Å²) in [6.45, 7) is 2.35. The number of aryl methyl sites for hydroxylation is 1. The lowest BCUT2D eigenvalue weighted by Crippen LogP contribution is -2.02. The van der Waals surface area contributed by atoms with Crippen LogP contribution >= 0.6 is 11.6 Å². The molecule has 4 aromatic carbocycles. The van der Waals surface area contributed by atoms with Crippen molar-refractivity contribution in [3.05, 3.63) is 95.6 Å². The van der Waals surface area contributed by atoms with Gasteiger partial charge in [0.25, 0.3) is 0 Å². The summed E-state index contributed by atoms with van der Waals surface area (Å²) in [6.07, 6.45) is 0.839. The van der Waals surface area contributed by atoms with E-state index in [4.69, 9.17) is 11.6 Å². The molecule has 5 aromatic rings. The maximum absolute atomic E-state index is 13.5. The van der Waals surface area contributed by atoms with Gasteiger partial charge in [-0.3, -0.25) is 9.59 Å². The molecule has 0 radical (unpaired) electrons. The Morgan fingerprint density at radius 3 is 2.16 bits per heavy atom. The Hall–Kier alpha value is -3.43. The van der Waals surface area contributed by atoms with Gasteiger partial charge in [0.15, 0.2) is 11.6 Å². The largest absolute Gasteiger partial charge is 0.340 e. The number of halogens is 1. The molecule has 0 atom stereocenters. The van der Waals surface area contributed by atoms with E-state index in [1.54, 1.807) is 6.92 Å². The fourth-order valence-corrected chi connectivity index (χ4v) is 4.62. The van der Waals surface area contributed by atoms with E-state index < -0.39 is 0 Å². The van der Waals surface area contributed by atoms with Gasteiger partial charge in [0.05, 0.1) is 0 Å². The zero-order chi connectivity index (χ0) is 22.2. The number of hydrogen-bond donors (Lipinski definition) is 0. The summed E-state index contributed by atoms with van der Waals surface area (Å²) in [5.74, 6) is 0.592. The minimum atomic E-state index is -0.00641. The Labute approximate surface area is 191 Å². The van der Waals surface area contributed by atoms with Gasteiger partial charge in [-0.1, -0.05) is 42.5 Å². The normalized spacial score (nSPS) is 11.4. The Morgan fingerprint density at radius 2 is 1.44 bits per heavy atom. The first-order valence-corrected chi connectivity index (χ1v) is 11.3. The summed E-state index contributed by atoms with van der Waals surface area (Å²) in [4.78, 5) is 25.5. The molecular formula is C28H22ClNO2. The molecule has 0 saturated carbocycles. The van der Waals surface area contributed by atoms with Crippen LogP contribution in [0.1, 0.15) is 39.6 Å². The Balaban J connectivity index is 1.71. The lowest BCUT2D eigenvalue weighted by molar-refractivity contribution is 0.101. The molecule has 0 amide bonds. The third-order valence-corrected chi connectivity index (χ3v) is 6.35. The zero-order valence-electron chi connectivity index (χ0n) is 17.8. The lowest BCUT2D eigenvalue weighted by atomic mass is 9.96. The summed E-state index contributed by atoms with van der Waals surface area (Å²) in [7, 11) is 0. The van der Waals surface area contributed by atoms with Crippen LogP contribution in [0.4, 0.5) is 0 Å². The molecule has 32 heavy (non-hydrogen) atoms. The highest BCUT2D eigenvalue weighted by molar-refractivity contribution is 6.19. The fourth-order valence-electron chi connectivity index (χ4n) is 4.50. The Morgan fingerprint density at radius 1 is 0.781 bits per heavy atom. The van der Waals surface area contributed by atoms with Gasteiger partial charge in [0.2, 0.25) is 0 Å². The molecule has 0 aliphatic rings. The molecule has 4 heteroatoms.